The summed E-state index contributed by atoms with van der Waals surface area (Å²) in [5, 5.41) is 13.7. The van der Waals surface area contributed by atoms with Crippen molar-refractivity contribution >= 4 is 5.91 Å². The van der Waals surface area contributed by atoms with Crippen LogP contribution in [0.4, 0.5) is 0 Å². The number of carbonyl (C=O) groups excluding carboxylic acids is 1. The first kappa shape index (κ1) is 12.8. The lowest BCUT2D eigenvalue weighted by Gasteiger charge is -2.46. The van der Waals surface area contributed by atoms with Gasteiger partial charge in [0, 0.05) is 26.2 Å². The summed E-state index contributed by atoms with van der Waals surface area (Å²) in [6, 6.07) is 0. The number of rotatable bonds is 3. The second-order valence-electron chi connectivity index (χ2n) is 5.75. The molecule has 0 spiro atoms. The van der Waals surface area contributed by atoms with Crippen LogP contribution >= 0.6 is 0 Å². The highest BCUT2D eigenvalue weighted by Gasteiger charge is 2.48. The highest BCUT2D eigenvalue weighted by molar-refractivity contribution is 5.80. The second kappa shape index (κ2) is 4.94. The van der Waals surface area contributed by atoms with E-state index in [4.69, 9.17) is 0 Å². The van der Waals surface area contributed by atoms with Crippen molar-refractivity contribution in [3.63, 3.8) is 0 Å². The van der Waals surface area contributed by atoms with Crippen molar-refractivity contribution in [3.8, 4) is 0 Å². The number of hydrogen-bond acceptors (Lipinski definition) is 3. The first-order valence-corrected chi connectivity index (χ1v) is 6.76. The number of piperazine rings is 1. The summed E-state index contributed by atoms with van der Waals surface area (Å²) in [6.07, 6.45) is 2.62. The Kier molecular flexibility index (Phi) is 3.73. The Bertz CT molecular complexity index is 281. The van der Waals surface area contributed by atoms with Gasteiger partial charge in [-0.05, 0) is 25.2 Å². The van der Waals surface area contributed by atoms with E-state index in [1.54, 1.807) is 0 Å². The van der Waals surface area contributed by atoms with Crippen LogP contribution in [0.1, 0.15) is 33.1 Å². The van der Waals surface area contributed by atoms with Crippen LogP contribution < -0.4 is 5.32 Å². The van der Waals surface area contributed by atoms with E-state index in [-0.39, 0.29) is 17.7 Å². The van der Waals surface area contributed by atoms with E-state index in [0.29, 0.717) is 0 Å². The molecule has 0 radical (unpaired) electrons. The number of aliphatic hydroxyl groups is 1. The number of carbonyl (C=O) groups is 1. The summed E-state index contributed by atoms with van der Waals surface area (Å²) in [7, 11) is 0. The summed E-state index contributed by atoms with van der Waals surface area (Å²) in [5.74, 6) is 0.153. The van der Waals surface area contributed by atoms with Gasteiger partial charge in [-0.1, -0.05) is 13.8 Å². The monoisotopic (exact) mass is 240 g/mol. The summed E-state index contributed by atoms with van der Waals surface area (Å²) >= 11 is 0. The SMILES string of the molecule is CC(C)C(C(=O)N1CCNCC1)C1(O)CCC1. The molecule has 2 fully saturated rings. The predicted molar refractivity (Wildman–Crippen MR) is 66.6 cm³/mol. The zero-order chi connectivity index (χ0) is 12.5. The van der Waals surface area contributed by atoms with Gasteiger partial charge in [0.25, 0.3) is 0 Å². The van der Waals surface area contributed by atoms with Crippen LogP contribution in [0.5, 0.6) is 0 Å². The van der Waals surface area contributed by atoms with Gasteiger partial charge in [0.2, 0.25) is 5.91 Å². The molecule has 2 rings (SSSR count). The van der Waals surface area contributed by atoms with Crippen molar-refractivity contribution in [3.05, 3.63) is 0 Å². The highest BCUT2D eigenvalue weighted by Crippen LogP contribution is 2.42. The number of nitrogens with one attached hydrogen (secondary N) is 1. The average molecular weight is 240 g/mol. The standard InChI is InChI=1S/C13H24N2O2/c1-10(2)11(13(17)4-3-5-13)12(16)15-8-6-14-7-9-15/h10-11,14,17H,3-9H2,1-2H3. The lowest BCUT2D eigenvalue weighted by molar-refractivity contribution is -0.159. The third kappa shape index (κ3) is 2.47. The Hall–Kier alpha value is -0.610. The topological polar surface area (TPSA) is 52.6 Å². The molecular weight excluding hydrogens is 216 g/mol. The van der Waals surface area contributed by atoms with E-state index in [2.05, 4.69) is 5.32 Å². The number of hydrogen-bond donors (Lipinski definition) is 2. The van der Waals surface area contributed by atoms with E-state index in [9.17, 15) is 9.90 Å². The van der Waals surface area contributed by atoms with Crippen molar-refractivity contribution in [2.45, 2.75) is 38.7 Å². The maximum atomic E-state index is 12.5. The molecule has 4 heteroatoms. The van der Waals surface area contributed by atoms with E-state index in [1.807, 2.05) is 18.7 Å². The van der Waals surface area contributed by atoms with E-state index in [1.165, 1.54) is 0 Å². The molecule has 0 aromatic heterocycles. The molecule has 1 aliphatic heterocycles. The van der Waals surface area contributed by atoms with Crippen molar-refractivity contribution in [1.82, 2.24) is 10.2 Å². The molecule has 98 valence electrons. The Morgan fingerprint density at radius 3 is 2.29 bits per heavy atom. The Morgan fingerprint density at radius 1 is 1.29 bits per heavy atom. The average Bonchev–Trinajstić information content (AvgIpc) is 2.27. The van der Waals surface area contributed by atoms with Gasteiger partial charge >= 0.3 is 0 Å². The molecule has 1 saturated carbocycles. The van der Waals surface area contributed by atoms with Gasteiger partial charge in [-0.25, -0.2) is 0 Å². The number of nitrogens with zero attached hydrogens (tertiary/aromatic N) is 1. The third-order valence-electron chi connectivity index (χ3n) is 4.16. The zero-order valence-corrected chi connectivity index (χ0v) is 10.9. The molecular formula is C13H24N2O2. The zero-order valence-electron chi connectivity index (χ0n) is 10.9. The summed E-state index contributed by atoms with van der Waals surface area (Å²) < 4.78 is 0. The molecule has 0 aromatic rings. The molecule has 17 heavy (non-hydrogen) atoms. The molecule has 2 aliphatic rings. The minimum Gasteiger partial charge on any atom is -0.389 e. The van der Waals surface area contributed by atoms with Crippen LogP contribution in [0, 0.1) is 11.8 Å². The van der Waals surface area contributed by atoms with Gasteiger partial charge in [-0.2, -0.15) is 0 Å². The molecule has 1 saturated heterocycles. The highest BCUT2D eigenvalue weighted by atomic mass is 16.3. The lowest BCUT2D eigenvalue weighted by Crippen LogP contribution is -2.57. The molecule has 2 N–H and O–H groups in total. The van der Waals surface area contributed by atoms with Crippen molar-refractivity contribution in [1.29, 1.82) is 0 Å². The van der Waals surface area contributed by atoms with Crippen molar-refractivity contribution in [2.75, 3.05) is 26.2 Å². The minimum absolute atomic E-state index is 0.156. The Morgan fingerprint density at radius 2 is 1.88 bits per heavy atom. The quantitative estimate of drug-likeness (QED) is 0.760. The van der Waals surface area contributed by atoms with E-state index in [0.717, 1.165) is 45.4 Å². The van der Waals surface area contributed by atoms with Gasteiger partial charge in [0.15, 0.2) is 0 Å². The smallest absolute Gasteiger partial charge is 0.228 e. The van der Waals surface area contributed by atoms with Gasteiger partial charge in [-0.15, -0.1) is 0 Å². The molecule has 1 atom stereocenters. The Labute approximate surface area is 103 Å². The normalized spacial score (nSPS) is 25.5. The Balaban J connectivity index is 2.07. The lowest BCUT2D eigenvalue weighted by atomic mass is 9.66. The molecule has 4 nitrogen and oxygen atoms in total. The van der Waals surface area contributed by atoms with Crippen molar-refractivity contribution < 1.29 is 9.90 Å². The van der Waals surface area contributed by atoms with E-state index < -0.39 is 5.60 Å². The third-order valence-corrected chi connectivity index (χ3v) is 4.16. The van der Waals surface area contributed by atoms with Crippen LogP contribution in [0.3, 0.4) is 0 Å². The largest absolute Gasteiger partial charge is 0.389 e. The van der Waals surface area contributed by atoms with Crippen molar-refractivity contribution in [2.24, 2.45) is 11.8 Å². The van der Waals surface area contributed by atoms with Crippen LogP contribution in [0.15, 0.2) is 0 Å². The maximum Gasteiger partial charge on any atom is 0.228 e. The van der Waals surface area contributed by atoms with Gasteiger partial charge in [0.05, 0.1) is 11.5 Å². The molecule has 1 heterocycles. The van der Waals surface area contributed by atoms with Gasteiger partial charge in [0.1, 0.15) is 0 Å². The molecule has 1 aliphatic carbocycles. The molecule has 0 aromatic carbocycles. The predicted octanol–water partition coefficient (Wildman–Crippen LogP) is 0.605. The molecule has 1 amide bonds. The summed E-state index contributed by atoms with van der Waals surface area (Å²) in [4.78, 5) is 14.4. The summed E-state index contributed by atoms with van der Waals surface area (Å²) in [5.41, 5.74) is -0.726. The fourth-order valence-electron chi connectivity index (χ4n) is 3.07. The van der Waals surface area contributed by atoms with Crippen LogP contribution in [0.2, 0.25) is 0 Å². The van der Waals surface area contributed by atoms with Gasteiger partial charge < -0.3 is 15.3 Å². The molecule has 0 bridgehead atoms. The van der Waals surface area contributed by atoms with Crippen LogP contribution in [-0.2, 0) is 4.79 Å². The van der Waals surface area contributed by atoms with Gasteiger partial charge in [-0.3, -0.25) is 4.79 Å². The van der Waals surface area contributed by atoms with Crippen LogP contribution in [-0.4, -0.2) is 47.7 Å². The summed E-state index contributed by atoms with van der Waals surface area (Å²) in [6.45, 7) is 7.38. The maximum absolute atomic E-state index is 12.5. The minimum atomic E-state index is -0.726. The second-order valence-corrected chi connectivity index (χ2v) is 5.75. The fourth-order valence-corrected chi connectivity index (χ4v) is 3.07. The van der Waals surface area contributed by atoms with E-state index >= 15 is 0 Å². The van der Waals surface area contributed by atoms with Crippen LogP contribution in [0.25, 0.3) is 0 Å². The first-order chi connectivity index (χ1) is 8.04. The number of amides is 1. The fraction of sp³-hybridized carbons (Fsp3) is 0.923. The molecule has 1 unspecified atom stereocenters. The first-order valence-electron chi connectivity index (χ1n) is 6.76.